The van der Waals surface area contributed by atoms with Crippen LogP contribution in [0.15, 0.2) is 66.3 Å². The average molecular weight is 318 g/mol. The van der Waals surface area contributed by atoms with Crippen LogP contribution in [0.25, 0.3) is 17.1 Å². The molecule has 2 nitrogen and oxygen atoms in total. The SMILES string of the molecule is C=CC=C(C=CC)C(C)=Cn1c2c(c3ccccc31)CN(C)CC2. The predicted octanol–water partition coefficient (Wildman–Crippen LogP) is 5.18. The van der Waals surface area contributed by atoms with Crippen LogP contribution in [0.4, 0.5) is 0 Å². The fourth-order valence-corrected chi connectivity index (χ4v) is 3.52. The Morgan fingerprint density at radius 1 is 1.25 bits per heavy atom. The van der Waals surface area contributed by atoms with Gasteiger partial charge in [-0.25, -0.2) is 0 Å². The smallest absolute Gasteiger partial charge is 0.0528 e. The predicted molar refractivity (Wildman–Crippen MR) is 105 cm³/mol. The van der Waals surface area contributed by atoms with Gasteiger partial charge in [-0.1, -0.05) is 49.1 Å². The standard InChI is InChI=1S/C22H26N2/c1-5-9-18(10-6-2)17(3)15-24-21-12-8-7-11-19(21)20-16-23(4)14-13-22(20)24/h5-12,15H,1,13-14,16H2,2-4H3. The Morgan fingerprint density at radius 2 is 2.04 bits per heavy atom. The molecule has 0 unspecified atom stereocenters. The van der Waals surface area contributed by atoms with Crippen LogP contribution < -0.4 is 0 Å². The maximum absolute atomic E-state index is 3.84. The fraction of sp³-hybridized carbons (Fsp3) is 0.273. The molecule has 1 aromatic carbocycles. The van der Waals surface area contributed by atoms with Crippen LogP contribution >= 0.6 is 0 Å². The van der Waals surface area contributed by atoms with Crippen molar-refractivity contribution >= 4 is 17.1 Å². The summed E-state index contributed by atoms with van der Waals surface area (Å²) >= 11 is 0. The molecule has 0 atom stereocenters. The normalized spacial score (nSPS) is 16.8. The number of para-hydroxylation sites is 1. The Morgan fingerprint density at radius 3 is 2.79 bits per heavy atom. The lowest BCUT2D eigenvalue weighted by Crippen LogP contribution is -2.26. The molecule has 3 rings (SSSR count). The quantitative estimate of drug-likeness (QED) is 0.705. The van der Waals surface area contributed by atoms with E-state index in [-0.39, 0.29) is 0 Å². The molecule has 0 aliphatic carbocycles. The van der Waals surface area contributed by atoms with Crippen molar-refractivity contribution in [3.8, 4) is 0 Å². The Bertz CT molecular complexity index is 846. The monoisotopic (exact) mass is 318 g/mol. The second-order valence-electron chi connectivity index (χ2n) is 6.47. The summed E-state index contributed by atoms with van der Waals surface area (Å²) < 4.78 is 2.40. The van der Waals surface area contributed by atoms with Gasteiger partial charge in [-0.2, -0.15) is 0 Å². The molecule has 1 aromatic heterocycles. The van der Waals surface area contributed by atoms with Crippen molar-refractivity contribution in [3.63, 3.8) is 0 Å². The molecule has 0 amide bonds. The molecule has 1 aliphatic rings. The first-order valence-electron chi connectivity index (χ1n) is 8.59. The zero-order valence-corrected chi connectivity index (χ0v) is 14.9. The van der Waals surface area contributed by atoms with Gasteiger partial charge in [-0.3, -0.25) is 0 Å². The highest BCUT2D eigenvalue weighted by Gasteiger charge is 2.21. The lowest BCUT2D eigenvalue weighted by molar-refractivity contribution is 0.312. The van der Waals surface area contributed by atoms with Gasteiger partial charge >= 0.3 is 0 Å². The van der Waals surface area contributed by atoms with Crippen molar-refractivity contribution in [2.45, 2.75) is 26.8 Å². The lowest BCUT2D eigenvalue weighted by Gasteiger charge is -2.23. The first-order chi connectivity index (χ1) is 11.7. The first kappa shape index (κ1) is 16.5. The largest absolute Gasteiger partial charge is 0.320 e. The third-order valence-electron chi connectivity index (χ3n) is 4.71. The third kappa shape index (κ3) is 3.02. The zero-order valence-electron chi connectivity index (χ0n) is 14.9. The Balaban J connectivity index is 2.18. The summed E-state index contributed by atoms with van der Waals surface area (Å²) in [5, 5.41) is 1.38. The number of allylic oxidation sites excluding steroid dienone is 6. The molecule has 2 aromatic rings. The molecule has 0 fully saturated rings. The minimum absolute atomic E-state index is 1.03. The van der Waals surface area contributed by atoms with E-state index in [1.54, 1.807) is 0 Å². The highest BCUT2D eigenvalue weighted by atomic mass is 15.1. The Kier molecular flexibility index (Phi) is 4.86. The first-order valence-corrected chi connectivity index (χ1v) is 8.59. The number of hydrogen-bond acceptors (Lipinski definition) is 1. The molecule has 0 saturated carbocycles. The number of aromatic nitrogens is 1. The molecular formula is C22H26N2. The van der Waals surface area contributed by atoms with E-state index < -0.39 is 0 Å². The minimum atomic E-state index is 1.03. The number of rotatable bonds is 4. The van der Waals surface area contributed by atoms with Crippen molar-refractivity contribution < 1.29 is 0 Å². The zero-order chi connectivity index (χ0) is 17.1. The van der Waals surface area contributed by atoms with Crippen molar-refractivity contribution in [1.29, 1.82) is 0 Å². The van der Waals surface area contributed by atoms with Crippen LogP contribution in [0.3, 0.4) is 0 Å². The molecule has 2 heterocycles. The van der Waals surface area contributed by atoms with Crippen LogP contribution in [0.2, 0.25) is 0 Å². The molecule has 0 N–H and O–H groups in total. The molecule has 1 aliphatic heterocycles. The van der Waals surface area contributed by atoms with Gasteiger partial charge in [0.2, 0.25) is 0 Å². The summed E-state index contributed by atoms with van der Waals surface area (Å²) in [5.41, 5.74) is 6.67. The van der Waals surface area contributed by atoms with Crippen molar-refractivity contribution in [1.82, 2.24) is 9.47 Å². The summed E-state index contributed by atoms with van der Waals surface area (Å²) in [6.07, 6.45) is 11.5. The van der Waals surface area contributed by atoms with E-state index in [1.165, 1.54) is 33.3 Å². The van der Waals surface area contributed by atoms with E-state index in [0.717, 1.165) is 19.5 Å². The number of fused-ring (bicyclic) bond motifs is 3. The van der Waals surface area contributed by atoms with E-state index in [9.17, 15) is 0 Å². The molecular weight excluding hydrogens is 292 g/mol. The van der Waals surface area contributed by atoms with Gasteiger partial charge in [0, 0.05) is 36.8 Å². The van der Waals surface area contributed by atoms with Crippen LogP contribution in [-0.2, 0) is 13.0 Å². The number of hydrogen-bond donors (Lipinski definition) is 0. The van der Waals surface area contributed by atoms with E-state index in [4.69, 9.17) is 0 Å². The van der Waals surface area contributed by atoms with E-state index in [0.29, 0.717) is 0 Å². The summed E-state index contributed by atoms with van der Waals surface area (Å²) in [5.74, 6) is 0. The molecule has 0 spiro atoms. The van der Waals surface area contributed by atoms with Gasteiger partial charge in [-0.05, 0) is 43.7 Å². The summed E-state index contributed by atoms with van der Waals surface area (Å²) in [6.45, 7) is 10.2. The van der Waals surface area contributed by atoms with Gasteiger partial charge < -0.3 is 9.47 Å². The molecule has 0 saturated heterocycles. The van der Waals surface area contributed by atoms with Gasteiger partial charge in [0.1, 0.15) is 0 Å². The van der Waals surface area contributed by atoms with Crippen LogP contribution in [0.5, 0.6) is 0 Å². The van der Waals surface area contributed by atoms with Crippen LogP contribution in [0.1, 0.15) is 25.1 Å². The topological polar surface area (TPSA) is 8.17 Å². The molecule has 0 radical (unpaired) electrons. The number of likely N-dealkylation sites (N-methyl/N-ethyl adjacent to an activating group) is 1. The highest BCUT2D eigenvalue weighted by molar-refractivity contribution is 5.88. The summed E-state index contributed by atoms with van der Waals surface area (Å²) in [4.78, 5) is 2.40. The fourth-order valence-electron chi connectivity index (χ4n) is 3.52. The van der Waals surface area contributed by atoms with Crippen molar-refractivity contribution in [2.75, 3.05) is 13.6 Å². The van der Waals surface area contributed by atoms with Crippen molar-refractivity contribution in [2.24, 2.45) is 0 Å². The Labute approximate surface area is 145 Å². The highest BCUT2D eigenvalue weighted by Crippen LogP contribution is 2.31. The molecule has 124 valence electrons. The summed E-state index contributed by atoms with van der Waals surface area (Å²) in [6, 6.07) is 8.74. The van der Waals surface area contributed by atoms with E-state index in [1.807, 2.05) is 13.0 Å². The van der Waals surface area contributed by atoms with Gasteiger partial charge in [0.25, 0.3) is 0 Å². The third-order valence-corrected chi connectivity index (χ3v) is 4.71. The van der Waals surface area contributed by atoms with Gasteiger partial charge in [0.05, 0.1) is 5.52 Å². The molecule has 0 bridgehead atoms. The maximum atomic E-state index is 3.84. The maximum Gasteiger partial charge on any atom is 0.0528 e. The second-order valence-corrected chi connectivity index (χ2v) is 6.47. The molecule has 2 heteroatoms. The van der Waals surface area contributed by atoms with Gasteiger partial charge in [-0.15, -0.1) is 0 Å². The van der Waals surface area contributed by atoms with E-state index >= 15 is 0 Å². The summed E-state index contributed by atoms with van der Waals surface area (Å²) in [7, 11) is 2.20. The molecule has 24 heavy (non-hydrogen) atoms. The van der Waals surface area contributed by atoms with Crippen LogP contribution in [-0.4, -0.2) is 23.1 Å². The number of nitrogens with zero attached hydrogens (tertiary/aromatic N) is 2. The minimum Gasteiger partial charge on any atom is -0.320 e. The lowest BCUT2D eigenvalue weighted by atomic mass is 10.1. The second kappa shape index (κ2) is 7.06. The van der Waals surface area contributed by atoms with Crippen LogP contribution in [0, 0.1) is 0 Å². The van der Waals surface area contributed by atoms with Gasteiger partial charge in [0.15, 0.2) is 0 Å². The number of benzene rings is 1. The Hall–Kier alpha value is -2.32. The average Bonchev–Trinajstić information content (AvgIpc) is 2.88. The van der Waals surface area contributed by atoms with E-state index in [2.05, 4.69) is 78.7 Å². The van der Waals surface area contributed by atoms with Crippen molar-refractivity contribution in [3.05, 3.63) is 77.6 Å².